The first-order valence-corrected chi connectivity index (χ1v) is 17.0. The molecule has 0 amide bonds. The first-order chi connectivity index (χ1) is 23.3. The molecule has 1 heteroatoms. The Kier molecular flexibility index (Phi) is 5.85. The Morgan fingerprint density at radius 2 is 0.809 bits per heavy atom. The molecule has 0 saturated heterocycles. The molecule has 0 unspecified atom stereocenters. The summed E-state index contributed by atoms with van der Waals surface area (Å²) in [6.45, 7) is 0. The quantitative estimate of drug-likeness (QED) is 0.174. The van der Waals surface area contributed by atoms with Crippen molar-refractivity contribution in [3.05, 3.63) is 170 Å². The summed E-state index contributed by atoms with van der Waals surface area (Å²) in [6, 6.07) is 62.6. The van der Waals surface area contributed by atoms with Gasteiger partial charge in [0.2, 0.25) is 0 Å². The second-order valence-corrected chi connectivity index (χ2v) is 13.5. The highest BCUT2D eigenvalue weighted by molar-refractivity contribution is 7.26. The highest BCUT2D eigenvalue weighted by Crippen LogP contribution is 2.44. The fourth-order valence-corrected chi connectivity index (χ4v) is 8.81. The van der Waals surface area contributed by atoms with E-state index in [9.17, 15) is 0 Å². The third-order valence-electron chi connectivity index (χ3n) is 9.82. The summed E-state index contributed by atoms with van der Waals surface area (Å²) >= 11 is 1.89. The minimum Gasteiger partial charge on any atom is -0.135 e. The lowest BCUT2D eigenvalue weighted by Gasteiger charge is -2.18. The van der Waals surface area contributed by atoms with Gasteiger partial charge in [-0.1, -0.05) is 146 Å². The monoisotopic (exact) mass is 612 g/mol. The van der Waals surface area contributed by atoms with Gasteiger partial charge in [-0.3, -0.25) is 0 Å². The average molecular weight is 613 g/mol. The minimum absolute atomic E-state index is 1.23. The maximum absolute atomic E-state index is 2.39. The van der Waals surface area contributed by atoms with Crippen LogP contribution >= 0.6 is 11.3 Å². The Bertz CT molecular complexity index is 2760. The standard InChI is InChI=1S/C46H28S/c1-2-11-31(12-3-1)44-37-14-6-8-16-39(37)45(40-17-9-7-15-38(40)44)32-20-18-29(19-21-32)33-22-23-34-27-41-43(28-35(34)26-33)47-42-25-24-30-10-4-5-13-36(30)46(41)42/h1-28H. The summed E-state index contributed by atoms with van der Waals surface area (Å²) in [5, 5.41) is 13.1. The van der Waals surface area contributed by atoms with Gasteiger partial charge in [-0.25, -0.2) is 0 Å². The fraction of sp³-hybridized carbons (Fsp3) is 0. The molecule has 0 atom stereocenters. The Morgan fingerprint density at radius 3 is 1.49 bits per heavy atom. The Hall–Kier alpha value is -5.76. The van der Waals surface area contributed by atoms with Crippen molar-refractivity contribution in [1.29, 1.82) is 0 Å². The number of hydrogen-bond acceptors (Lipinski definition) is 1. The van der Waals surface area contributed by atoms with E-state index in [4.69, 9.17) is 0 Å². The summed E-state index contributed by atoms with van der Waals surface area (Å²) in [6.07, 6.45) is 0. The first kappa shape index (κ1) is 26.5. The second-order valence-electron chi connectivity index (χ2n) is 12.5. The zero-order chi connectivity index (χ0) is 30.9. The molecule has 1 aromatic heterocycles. The zero-order valence-electron chi connectivity index (χ0n) is 25.6. The summed E-state index contributed by atoms with van der Waals surface area (Å²) < 4.78 is 2.69. The summed E-state index contributed by atoms with van der Waals surface area (Å²) in [5.41, 5.74) is 7.55. The lowest BCUT2D eigenvalue weighted by molar-refractivity contribution is 1.63. The Labute approximate surface area is 276 Å². The lowest BCUT2D eigenvalue weighted by atomic mass is 9.85. The molecule has 0 nitrogen and oxygen atoms in total. The molecule has 1 heterocycles. The first-order valence-electron chi connectivity index (χ1n) is 16.2. The normalized spacial score (nSPS) is 11.8. The van der Waals surface area contributed by atoms with Crippen LogP contribution in [0.4, 0.5) is 0 Å². The topological polar surface area (TPSA) is 0 Å². The molecule has 218 valence electrons. The van der Waals surface area contributed by atoms with Gasteiger partial charge in [0.05, 0.1) is 0 Å². The number of fused-ring (bicyclic) bond motifs is 8. The van der Waals surface area contributed by atoms with Gasteiger partial charge in [0.25, 0.3) is 0 Å². The van der Waals surface area contributed by atoms with E-state index in [1.165, 1.54) is 96.6 Å². The van der Waals surface area contributed by atoms with Gasteiger partial charge in [0.15, 0.2) is 0 Å². The fourth-order valence-electron chi connectivity index (χ4n) is 7.65. The third kappa shape index (κ3) is 4.14. The molecule has 0 spiro atoms. The van der Waals surface area contributed by atoms with Crippen LogP contribution in [0.5, 0.6) is 0 Å². The number of rotatable bonds is 3. The molecule has 47 heavy (non-hydrogen) atoms. The maximum Gasteiger partial charge on any atom is 0.0362 e. The lowest BCUT2D eigenvalue weighted by Crippen LogP contribution is -1.90. The van der Waals surface area contributed by atoms with Crippen molar-refractivity contribution in [2.75, 3.05) is 0 Å². The summed E-state index contributed by atoms with van der Waals surface area (Å²) in [7, 11) is 0. The number of benzene rings is 9. The largest absolute Gasteiger partial charge is 0.135 e. The molecule has 0 aliphatic rings. The third-order valence-corrected chi connectivity index (χ3v) is 10.9. The van der Waals surface area contributed by atoms with Crippen LogP contribution in [0, 0.1) is 0 Å². The van der Waals surface area contributed by atoms with Gasteiger partial charge in [-0.15, -0.1) is 11.3 Å². The number of thiophene rings is 1. The Morgan fingerprint density at radius 1 is 0.277 bits per heavy atom. The van der Waals surface area contributed by atoms with E-state index in [0.717, 1.165) is 0 Å². The van der Waals surface area contributed by atoms with Crippen molar-refractivity contribution >= 4 is 74.6 Å². The van der Waals surface area contributed by atoms with E-state index in [-0.39, 0.29) is 0 Å². The molecule has 0 aliphatic carbocycles. The van der Waals surface area contributed by atoms with Crippen molar-refractivity contribution in [2.24, 2.45) is 0 Å². The SMILES string of the molecule is c1ccc(-c2c3ccccc3c(-c3ccc(-c4ccc5cc6c(cc5c4)sc4ccc5ccccc5c46)cc3)c3ccccc23)cc1. The van der Waals surface area contributed by atoms with Crippen LogP contribution in [0.3, 0.4) is 0 Å². The van der Waals surface area contributed by atoms with Gasteiger partial charge >= 0.3 is 0 Å². The van der Waals surface area contributed by atoms with Crippen LogP contribution < -0.4 is 0 Å². The van der Waals surface area contributed by atoms with Gasteiger partial charge in [0, 0.05) is 20.2 Å². The average Bonchev–Trinajstić information content (AvgIpc) is 3.51. The van der Waals surface area contributed by atoms with E-state index >= 15 is 0 Å². The molecule has 0 aliphatic heterocycles. The molecule has 10 aromatic rings. The molecule has 0 saturated carbocycles. The molecular formula is C46H28S. The van der Waals surface area contributed by atoms with E-state index in [1.54, 1.807) is 0 Å². The van der Waals surface area contributed by atoms with Crippen molar-refractivity contribution in [3.63, 3.8) is 0 Å². The van der Waals surface area contributed by atoms with Crippen molar-refractivity contribution in [3.8, 4) is 33.4 Å². The highest BCUT2D eigenvalue weighted by atomic mass is 32.1. The van der Waals surface area contributed by atoms with E-state index in [1.807, 2.05) is 11.3 Å². The minimum atomic E-state index is 1.23. The van der Waals surface area contributed by atoms with Crippen LogP contribution in [-0.2, 0) is 0 Å². The predicted octanol–water partition coefficient (Wildman–Crippen LogP) is 13.7. The van der Waals surface area contributed by atoms with Crippen molar-refractivity contribution < 1.29 is 0 Å². The smallest absolute Gasteiger partial charge is 0.0362 e. The highest BCUT2D eigenvalue weighted by Gasteiger charge is 2.16. The second kappa shape index (κ2) is 10.4. The van der Waals surface area contributed by atoms with E-state index in [0.29, 0.717) is 0 Å². The van der Waals surface area contributed by atoms with Gasteiger partial charge in [-0.2, -0.15) is 0 Å². The molecule has 0 bridgehead atoms. The van der Waals surface area contributed by atoms with Crippen LogP contribution in [0.1, 0.15) is 0 Å². The molecule has 10 rings (SSSR count). The Balaban J connectivity index is 1.10. The molecular weight excluding hydrogens is 585 g/mol. The van der Waals surface area contributed by atoms with Crippen LogP contribution in [0.15, 0.2) is 170 Å². The molecule has 0 radical (unpaired) electrons. The molecule has 0 fully saturated rings. The van der Waals surface area contributed by atoms with E-state index < -0.39 is 0 Å². The van der Waals surface area contributed by atoms with Gasteiger partial charge in [0.1, 0.15) is 0 Å². The van der Waals surface area contributed by atoms with Crippen LogP contribution in [-0.4, -0.2) is 0 Å². The number of hydrogen-bond donors (Lipinski definition) is 0. The van der Waals surface area contributed by atoms with Gasteiger partial charge < -0.3 is 0 Å². The van der Waals surface area contributed by atoms with Crippen molar-refractivity contribution in [2.45, 2.75) is 0 Å². The summed E-state index contributed by atoms with van der Waals surface area (Å²) in [4.78, 5) is 0. The maximum atomic E-state index is 2.39. The van der Waals surface area contributed by atoms with Crippen LogP contribution in [0.25, 0.3) is 96.6 Å². The zero-order valence-corrected chi connectivity index (χ0v) is 26.4. The van der Waals surface area contributed by atoms with Gasteiger partial charge in [-0.05, 0) is 101 Å². The molecule has 0 N–H and O–H groups in total. The van der Waals surface area contributed by atoms with Crippen molar-refractivity contribution in [1.82, 2.24) is 0 Å². The summed E-state index contributed by atoms with van der Waals surface area (Å²) in [5.74, 6) is 0. The van der Waals surface area contributed by atoms with Crippen LogP contribution in [0.2, 0.25) is 0 Å². The molecule has 9 aromatic carbocycles. The van der Waals surface area contributed by atoms with E-state index in [2.05, 4.69) is 170 Å². The predicted molar refractivity (Wildman–Crippen MR) is 206 cm³/mol.